The number of ether oxygens (including phenoxy) is 1. The van der Waals surface area contributed by atoms with Crippen LogP contribution >= 0.6 is 0 Å². The Morgan fingerprint density at radius 2 is 2.18 bits per heavy atom. The molecular weight excluding hydrogens is 285 g/mol. The van der Waals surface area contributed by atoms with Gasteiger partial charge in [0.05, 0.1) is 19.3 Å². The molecule has 3 atom stereocenters. The molecule has 0 unspecified atom stereocenters. The Kier molecular flexibility index (Phi) is 6.34. The fourth-order valence-corrected chi connectivity index (χ4v) is 2.85. The Bertz CT molecular complexity index is 471. The van der Waals surface area contributed by atoms with Gasteiger partial charge in [-0.15, -0.1) is 0 Å². The standard InChI is InChI=1S/C17H24FNO3/c1-12(13-4-6-15(18)7-5-13)9-17(21)19-16(10-20)14-3-2-8-22-11-14/h4-7,12,14,16,20H,2-3,8-11H2,1H3,(H,19,21)/t12-,14-,16+/m1/s1. The minimum absolute atomic E-state index is 0.00236. The van der Waals surface area contributed by atoms with Crippen LogP contribution in [0.15, 0.2) is 24.3 Å². The van der Waals surface area contributed by atoms with Crippen molar-refractivity contribution in [2.75, 3.05) is 19.8 Å². The average molecular weight is 309 g/mol. The highest BCUT2D eigenvalue weighted by atomic mass is 19.1. The van der Waals surface area contributed by atoms with Gasteiger partial charge in [0.1, 0.15) is 5.82 Å². The maximum Gasteiger partial charge on any atom is 0.220 e. The zero-order valence-electron chi connectivity index (χ0n) is 12.9. The van der Waals surface area contributed by atoms with E-state index in [2.05, 4.69) is 5.32 Å². The van der Waals surface area contributed by atoms with Crippen molar-refractivity contribution >= 4 is 5.91 Å². The van der Waals surface area contributed by atoms with Crippen LogP contribution in [0.2, 0.25) is 0 Å². The molecule has 1 amide bonds. The third kappa shape index (κ3) is 4.78. The fourth-order valence-electron chi connectivity index (χ4n) is 2.85. The second-order valence-electron chi connectivity index (χ2n) is 5.99. The van der Waals surface area contributed by atoms with Gasteiger partial charge in [-0.1, -0.05) is 19.1 Å². The first-order chi connectivity index (χ1) is 10.6. The lowest BCUT2D eigenvalue weighted by atomic mass is 9.93. The molecule has 5 heteroatoms. The molecule has 0 radical (unpaired) electrons. The maximum absolute atomic E-state index is 12.9. The predicted molar refractivity (Wildman–Crippen MR) is 82.0 cm³/mol. The van der Waals surface area contributed by atoms with Crippen molar-refractivity contribution in [1.29, 1.82) is 0 Å². The summed E-state index contributed by atoms with van der Waals surface area (Å²) in [5, 5.41) is 12.4. The number of nitrogens with one attached hydrogen (secondary N) is 1. The summed E-state index contributed by atoms with van der Waals surface area (Å²) < 4.78 is 18.3. The van der Waals surface area contributed by atoms with E-state index >= 15 is 0 Å². The summed E-state index contributed by atoms with van der Waals surface area (Å²) in [5.41, 5.74) is 0.929. The summed E-state index contributed by atoms with van der Waals surface area (Å²) in [7, 11) is 0. The van der Waals surface area contributed by atoms with E-state index in [9.17, 15) is 14.3 Å². The second-order valence-corrected chi connectivity index (χ2v) is 5.99. The maximum atomic E-state index is 12.9. The molecule has 0 bridgehead atoms. The van der Waals surface area contributed by atoms with Crippen LogP contribution in [-0.2, 0) is 9.53 Å². The molecule has 2 N–H and O–H groups in total. The van der Waals surface area contributed by atoms with E-state index < -0.39 is 0 Å². The summed E-state index contributed by atoms with van der Waals surface area (Å²) in [6.45, 7) is 3.19. The van der Waals surface area contributed by atoms with Crippen LogP contribution in [0, 0.1) is 11.7 Å². The van der Waals surface area contributed by atoms with Crippen LogP contribution in [0.1, 0.15) is 37.7 Å². The molecule has 2 rings (SSSR count). The number of benzene rings is 1. The number of amides is 1. The van der Waals surface area contributed by atoms with E-state index in [0.29, 0.717) is 13.0 Å². The Hall–Kier alpha value is -1.46. The van der Waals surface area contributed by atoms with Crippen molar-refractivity contribution in [2.24, 2.45) is 5.92 Å². The first-order valence-corrected chi connectivity index (χ1v) is 7.83. The molecule has 1 heterocycles. The molecule has 1 aliphatic heterocycles. The van der Waals surface area contributed by atoms with Gasteiger partial charge >= 0.3 is 0 Å². The highest BCUT2D eigenvalue weighted by Gasteiger charge is 2.25. The second kappa shape index (κ2) is 8.25. The van der Waals surface area contributed by atoms with Gasteiger partial charge < -0.3 is 15.2 Å². The van der Waals surface area contributed by atoms with Crippen molar-refractivity contribution in [1.82, 2.24) is 5.32 Å². The highest BCUT2D eigenvalue weighted by molar-refractivity contribution is 5.77. The third-order valence-electron chi connectivity index (χ3n) is 4.24. The molecule has 0 aromatic heterocycles. The topological polar surface area (TPSA) is 58.6 Å². The van der Waals surface area contributed by atoms with Crippen molar-refractivity contribution < 1.29 is 19.0 Å². The summed E-state index contributed by atoms with van der Waals surface area (Å²) in [4.78, 5) is 12.2. The molecule has 0 saturated carbocycles. The number of hydrogen-bond donors (Lipinski definition) is 2. The lowest BCUT2D eigenvalue weighted by Crippen LogP contribution is -2.45. The molecule has 4 nitrogen and oxygen atoms in total. The van der Waals surface area contributed by atoms with E-state index in [1.807, 2.05) is 6.92 Å². The summed E-state index contributed by atoms with van der Waals surface area (Å²) in [6, 6.07) is 5.95. The monoisotopic (exact) mass is 309 g/mol. The van der Waals surface area contributed by atoms with Crippen molar-refractivity contribution in [3.05, 3.63) is 35.6 Å². The summed E-state index contributed by atoms with van der Waals surface area (Å²) >= 11 is 0. The molecule has 1 fully saturated rings. The third-order valence-corrected chi connectivity index (χ3v) is 4.24. The predicted octanol–water partition coefficient (Wildman–Crippen LogP) is 2.22. The van der Waals surface area contributed by atoms with Crippen molar-refractivity contribution in [2.45, 2.75) is 38.1 Å². The van der Waals surface area contributed by atoms with Crippen molar-refractivity contribution in [3.63, 3.8) is 0 Å². The molecule has 122 valence electrons. The van der Waals surface area contributed by atoms with E-state index in [4.69, 9.17) is 4.74 Å². The van der Waals surface area contributed by atoms with Crippen LogP contribution in [-0.4, -0.2) is 36.9 Å². The molecule has 22 heavy (non-hydrogen) atoms. The zero-order valence-corrected chi connectivity index (χ0v) is 12.9. The number of aliphatic hydroxyl groups excluding tert-OH is 1. The fraction of sp³-hybridized carbons (Fsp3) is 0.588. The number of rotatable bonds is 6. The Labute approximate surface area is 130 Å². The number of carbonyl (C=O) groups excluding carboxylic acids is 1. The van der Waals surface area contributed by atoms with Gasteiger partial charge in [-0.3, -0.25) is 4.79 Å². The zero-order chi connectivity index (χ0) is 15.9. The Balaban J connectivity index is 1.86. The SMILES string of the molecule is C[C@H](CC(=O)N[C@@H](CO)[C@@H]1CCCOC1)c1ccc(F)cc1. The molecule has 1 aromatic rings. The summed E-state index contributed by atoms with van der Waals surface area (Å²) in [5.74, 6) is -0.203. The minimum atomic E-state index is -0.280. The Morgan fingerprint density at radius 3 is 2.77 bits per heavy atom. The smallest absolute Gasteiger partial charge is 0.220 e. The molecule has 1 aromatic carbocycles. The van der Waals surface area contributed by atoms with Crippen LogP contribution in [0.4, 0.5) is 4.39 Å². The van der Waals surface area contributed by atoms with E-state index in [1.54, 1.807) is 12.1 Å². The first-order valence-electron chi connectivity index (χ1n) is 7.83. The van der Waals surface area contributed by atoms with Gasteiger partial charge in [-0.25, -0.2) is 4.39 Å². The van der Waals surface area contributed by atoms with Crippen LogP contribution < -0.4 is 5.32 Å². The number of halogens is 1. The summed E-state index contributed by atoms with van der Waals surface area (Å²) in [6.07, 6.45) is 2.23. The molecule has 1 aliphatic rings. The van der Waals surface area contributed by atoms with Gasteiger partial charge in [0.25, 0.3) is 0 Å². The largest absolute Gasteiger partial charge is 0.394 e. The molecular formula is C17H24FNO3. The van der Waals surface area contributed by atoms with Gasteiger partial charge in [-0.2, -0.15) is 0 Å². The number of hydrogen-bond acceptors (Lipinski definition) is 3. The molecule has 0 aliphatic carbocycles. The highest BCUT2D eigenvalue weighted by Crippen LogP contribution is 2.21. The minimum Gasteiger partial charge on any atom is -0.394 e. The van der Waals surface area contributed by atoms with E-state index in [0.717, 1.165) is 25.0 Å². The van der Waals surface area contributed by atoms with E-state index in [1.165, 1.54) is 12.1 Å². The van der Waals surface area contributed by atoms with Gasteiger partial charge in [0.15, 0.2) is 0 Å². The normalized spacial score (nSPS) is 21.1. The number of aliphatic hydroxyl groups is 1. The van der Waals surface area contributed by atoms with Gasteiger partial charge in [-0.05, 0) is 36.5 Å². The Morgan fingerprint density at radius 1 is 1.45 bits per heavy atom. The average Bonchev–Trinajstić information content (AvgIpc) is 2.54. The lowest BCUT2D eigenvalue weighted by molar-refractivity contribution is -0.123. The first kappa shape index (κ1) is 16.9. The molecule has 1 saturated heterocycles. The van der Waals surface area contributed by atoms with Gasteiger partial charge in [0, 0.05) is 18.9 Å². The quantitative estimate of drug-likeness (QED) is 0.847. The molecule has 0 spiro atoms. The van der Waals surface area contributed by atoms with Crippen LogP contribution in [0.3, 0.4) is 0 Å². The number of carbonyl (C=O) groups is 1. The van der Waals surface area contributed by atoms with Crippen LogP contribution in [0.25, 0.3) is 0 Å². The van der Waals surface area contributed by atoms with Crippen LogP contribution in [0.5, 0.6) is 0 Å². The van der Waals surface area contributed by atoms with Crippen molar-refractivity contribution in [3.8, 4) is 0 Å². The van der Waals surface area contributed by atoms with E-state index in [-0.39, 0.29) is 36.2 Å². The lowest BCUT2D eigenvalue weighted by Gasteiger charge is -2.30. The van der Waals surface area contributed by atoms with Gasteiger partial charge in [0.2, 0.25) is 5.91 Å².